The summed E-state index contributed by atoms with van der Waals surface area (Å²) in [5, 5.41) is 0. The van der Waals surface area contributed by atoms with Crippen molar-refractivity contribution < 1.29 is 22.7 Å². The van der Waals surface area contributed by atoms with Crippen molar-refractivity contribution in [3.05, 3.63) is 42.2 Å². The minimum Gasteiger partial charge on any atom is -0.381 e. The number of halogens is 3. The zero-order valence-electron chi connectivity index (χ0n) is 13.4. The van der Waals surface area contributed by atoms with E-state index in [1.165, 1.54) is 6.20 Å². The Morgan fingerprint density at radius 3 is 2.72 bits per heavy atom. The third-order valence-corrected chi connectivity index (χ3v) is 4.00. The molecule has 0 spiro atoms. The van der Waals surface area contributed by atoms with Crippen LogP contribution in [0.1, 0.15) is 12.1 Å². The van der Waals surface area contributed by atoms with Gasteiger partial charge in [-0.25, -0.2) is 4.98 Å². The monoisotopic (exact) mass is 353 g/mol. The Balaban J connectivity index is 1.75. The summed E-state index contributed by atoms with van der Waals surface area (Å²) in [6.07, 6.45) is -2.55. The van der Waals surface area contributed by atoms with Gasteiger partial charge in [0.15, 0.2) is 0 Å². The van der Waals surface area contributed by atoms with Gasteiger partial charge in [0.25, 0.3) is 0 Å². The molecule has 1 saturated heterocycles. The molecule has 2 heterocycles. The first kappa shape index (κ1) is 17.5. The van der Waals surface area contributed by atoms with Crippen LogP contribution in [-0.2, 0) is 16.1 Å². The lowest BCUT2D eigenvalue weighted by Crippen LogP contribution is -2.42. The number of alkyl halides is 3. The van der Waals surface area contributed by atoms with Crippen LogP contribution in [0, 0.1) is 5.92 Å². The van der Waals surface area contributed by atoms with Crippen LogP contribution in [0.5, 0.6) is 0 Å². The van der Waals surface area contributed by atoms with E-state index < -0.39 is 24.5 Å². The Bertz CT molecular complexity index is 709. The van der Waals surface area contributed by atoms with Crippen LogP contribution in [0.25, 0.3) is 11.4 Å². The molecule has 0 bridgehead atoms. The topological polar surface area (TPSA) is 58.2 Å². The molecule has 134 valence electrons. The summed E-state index contributed by atoms with van der Waals surface area (Å²) in [7, 11) is 0. The Kier molecular flexibility index (Phi) is 5.08. The van der Waals surface area contributed by atoms with Gasteiger partial charge in [0.2, 0.25) is 5.91 Å². The van der Waals surface area contributed by atoms with Crippen molar-refractivity contribution >= 4 is 5.91 Å². The predicted octanol–water partition coefficient (Wildman–Crippen LogP) is 3.00. The van der Waals surface area contributed by atoms with E-state index in [1.807, 2.05) is 30.3 Å². The second-order valence-corrected chi connectivity index (χ2v) is 5.99. The van der Waals surface area contributed by atoms with Crippen molar-refractivity contribution in [2.24, 2.45) is 5.92 Å². The quantitative estimate of drug-likeness (QED) is 0.899. The minimum absolute atomic E-state index is 0.172. The fraction of sp³-hybridized carbons (Fsp3) is 0.412. The standard InChI is InChI=1S/C17H18F3N3O2/c18-17(19,20)11-23(16(24)13-6-7-25-10-13)9-14-8-21-15(22-14)12-4-2-1-3-5-12/h1-5,8,13H,6-7,9-11H2,(H,21,22)/t13-/m0/s1. The molecule has 0 unspecified atom stereocenters. The van der Waals surface area contributed by atoms with Gasteiger partial charge in [-0.3, -0.25) is 4.79 Å². The molecule has 2 aromatic rings. The van der Waals surface area contributed by atoms with Crippen LogP contribution in [0.3, 0.4) is 0 Å². The lowest BCUT2D eigenvalue weighted by atomic mass is 10.1. The number of nitrogens with one attached hydrogen (secondary N) is 1. The van der Waals surface area contributed by atoms with Gasteiger partial charge in [-0.2, -0.15) is 13.2 Å². The van der Waals surface area contributed by atoms with E-state index in [4.69, 9.17) is 4.74 Å². The second-order valence-electron chi connectivity index (χ2n) is 5.99. The number of carbonyl (C=O) groups excluding carboxylic acids is 1. The Labute approximate surface area is 142 Å². The average molecular weight is 353 g/mol. The number of hydrogen-bond acceptors (Lipinski definition) is 3. The van der Waals surface area contributed by atoms with E-state index in [9.17, 15) is 18.0 Å². The third-order valence-electron chi connectivity index (χ3n) is 4.00. The van der Waals surface area contributed by atoms with Gasteiger partial charge in [-0.15, -0.1) is 0 Å². The summed E-state index contributed by atoms with van der Waals surface area (Å²) in [6.45, 7) is -0.888. The highest BCUT2D eigenvalue weighted by atomic mass is 19.4. The molecular weight excluding hydrogens is 335 g/mol. The molecule has 1 aliphatic rings. The molecule has 1 aromatic heterocycles. The van der Waals surface area contributed by atoms with Gasteiger partial charge in [-0.05, 0) is 6.42 Å². The van der Waals surface area contributed by atoms with Gasteiger partial charge >= 0.3 is 6.18 Å². The molecule has 5 nitrogen and oxygen atoms in total. The summed E-state index contributed by atoms with van der Waals surface area (Å²) < 4.78 is 43.7. The van der Waals surface area contributed by atoms with E-state index in [1.54, 1.807) is 0 Å². The van der Waals surface area contributed by atoms with Gasteiger partial charge in [0.1, 0.15) is 12.4 Å². The molecule has 8 heteroatoms. The number of aromatic nitrogens is 2. The third kappa shape index (κ3) is 4.60. The maximum atomic E-state index is 12.9. The fourth-order valence-corrected chi connectivity index (χ4v) is 2.80. The number of carbonyl (C=O) groups is 1. The minimum atomic E-state index is -4.46. The Hall–Kier alpha value is -2.35. The number of H-pyrrole nitrogens is 1. The van der Waals surface area contributed by atoms with E-state index in [0.29, 0.717) is 24.5 Å². The molecule has 0 saturated carbocycles. The maximum Gasteiger partial charge on any atom is 0.406 e. The maximum absolute atomic E-state index is 12.9. The summed E-state index contributed by atoms with van der Waals surface area (Å²) in [5.41, 5.74) is 1.28. The smallest absolute Gasteiger partial charge is 0.381 e. The molecule has 1 fully saturated rings. The summed E-state index contributed by atoms with van der Waals surface area (Å²) in [4.78, 5) is 20.4. The summed E-state index contributed by atoms with van der Waals surface area (Å²) >= 11 is 0. The molecule has 1 aromatic carbocycles. The molecule has 1 atom stereocenters. The van der Waals surface area contributed by atoms with Gasteiger partial charge in [0, 0.05) is 12.2 Å². The SMILES string of the molecule is O=C([C@H]1CCOC1)N(Cc1cnc(-c2ccccc2)[nH]1)CC(F)(F)F. The summed E-state index contributed by atoms with van der Waals surface area (Å²) in [6, 6.07) is 9.24. The van der Waals surface area contributed by atoms with Crippen molar-refractivity contribution in [3.63, 3.8) is 0 Å². The molecule has 1 aliphatic heterocycles. The molecule has 3 rings (SSSR count). The van der Waals surface area contributed by atoms with Crippen LogP contribution >= 0.6 is 0 Å². The number of amides is 1. The van der Waals surface area contributed by atoms with Crippen LogP contribution in [0.2, 0.25) is 0 Å². The van der Waals surface area contributed by atoms with Crippen LogP contribution < -0.4 is 0 Å². The first-order chi connectivity index (χ1) is 11.9. The number of benzene rings is 1. The van der Waals surface area contributed by atoms with Gasteiger partial charge in [-0.1, -0.05) is 30.3 Å². The van der Waals surface area contributed by atoms with Crippen LogP contribution in [0.15, 0.2) is 36.5 Å². The number of ether oxygens (including phenoxy) is 1. The molecule has 0 radical (unpaired) electrons. The van der Waals surface area contributed by atoms with Gasteiger partial charge < -0.3 is 14.6 Å². The van der Waals surface area contributed by atoms with E-state index in [2.05, 4.69) is 9.97 Å². The van der Waals surface area contributed by atoms with Gasteiger partial charge in [0.05, 0.1) is 31.0 Å². The highest BCUT2D eigenvalue weighted by Crippen LogP contribution is 2.23. The normalized spacial score (nSPS) is 17.6. The van der Waals surface area contributed by atoms with E-state index in [-0.39, 0.29) is 13.2 Å². The summed E-state index contributed by atoms with van der Waals surface area (Å²) in [5.74, 6) is -0.497. The zero-order chi connectivity index (χ0) is 17.9. The first-order valence-electron chi connectivity index (χ1n) is 7.95. The zero-order valence-corrected chi connectivity index (χ0v) is 13.4. The van der Waals surface area contributed by atoms with Crippen LogP contribution in [0.4, 0.5) is 13.2 Å². The number of aromatic amines is 1. The van der Waals surface area contributed by atoms with Crippen molar-refractivity contribution in [2.45, 2.75) is 19.1 Å². The van der Waals surface area contributed by atoms with Crippen molar-refractivity contribution in [2.75, 3.05) is 19.8 Å². The van der Waals surface area contributed by atoms with Crippen molar-refractivity contribution in [1.29, 1.82) is 0 Å². The molecular formula is C17H18F3N3O2. The molecule has 1 N–H and O–H groups in total. The number of hydrogen-bond donors (Lipinski definition) is 1. The molecule has 0 aliphatic carbocycles. The number of rotatable bonds is 5. The predicted molar refractivity (Wildman–Crippen MR) is 84.4 cm³/mol. The lowest BCUT2D eigenvalue weighted by Gasteiger charge is -2.25. The van der Waals surface area contributed by atoms with Crippen molar-refractivity contribution in [1.82, 2.24) is 14.9 Å². The second kappa shape index (κ2) is 7.26. The fourth-order valence-electron chi connectivity index (χ4n) is 2.80. The average Bonchev–Trinajstić information content (AvgIpc) is 3.25. The lowest BCUT2D eigenvalue weighted by molar-refractivity contribution is -0.165. The molecule has 1 amide bonds. The number of nitrogens with zero attached hydrogens (tertiary/aromatic N) is 2. The Morgan fingerprint density at radius 2 is 2.08 bits per heavy atom. The molecule has 25 heavy (non-hydrogen) atoms. The largest absolute Gasteiger partial charge is 0.406 e. The van der Waals surface area contributed by atoms with E-state index >= 15 is 0 Å². The Morgan fingerprint density at radius 1 is 1.32 bits per heavy atom. The highest BCUT2D eigenvalue weighted by Gasteiger charge is 2.36. The van der Waals surface area contributed by atoms with Crippen molar-refractivity contribution in [3.8, 4) is 11.4 Å². The first-order valence-corrected chi connectivity index (χ1v) is 7.95. The van der Waals surface area contributed by atoms with Crippen LogP contribution in [-0.4, -0.2) is 46.7 Å². The highest BCUT2D eigenvalue weighted by molar-refractivity contribution is 5.79. The van der Waals surface area contributed by atoms with E-state index in [0.717, 1.165) is 10.5 Å². The number of imidazole rings is 1.